The molecule has 3 nitrogen and oxygen atoms in total. The third kappa shape index (κ3) is 3.06. The summed E-state index contributed by atoms with van der Waals surface area (Å²) in [6.07, 6.45) is -2.53. The molecule has 0 aromatic heterocycles. The van der Waals surface area contributed by atoms with Gasteiger partial charge in [-0.1, -0.05) is 11.6 Å². The van der Waals surface area contributed by atoms with E-state index in [4.69, 9.17) is 16.7 Å². The summed E-state index contributed by atoms with van der Waals surface area (Å²) in [6, 6.07) is 4.11. The molecule has 0 saturated carbocycles. The van der Waals surface area contributed by atoms with Crippen LogP contribution >= 0.6 is 11.6 Å². The quantitative estimate of drug-likeness (QED) is 0.892. The summed E-state index contributed by atoms with van der Waals surface area (Å²) in [6.45, 7) is -0.526. The lowest BCUT2D eigenvalue weighted by Crippen LogP contribution is -2.25. The largest absolute Gasteiger partial charge is 0.478 e. The van der Waals surface area contributed by atoms with Gasteiger partial charge in [-0.3, -0.25) is 0 Å². The van der Waals surface area contributed by atoms with Gasteiger partial charge in [0, 0.05) is 12.1 Å². The lowest BCUT2D eigenvalue weighted by atomic mass is 10.1. The number of hydrogen-bond donors (Lipinski definition) is 1. The first-order valence-electron chi connectivity index (χ1n) is 4.44. The summed E-state index contributed by atoms with van der Waals surface area (Å²) >= 11 is 5.64. The van der Waals surface area contributed by atoms with Crippen LogP contribution in [-0.4, -0.2) is 31.1 Å². The van der Waals surface area contributed by atoms with Gasteiger partial charge in [0.25, 0.3) is 6.43 Å². The Morgan fingerprint density at radius 3 is 2.69 bits per heavy atom. The molecular weight excluding hydrogens is 240 g/mol. The van der Waals surface area contributed by atoms with Gasteiger partial charge >= 0.3 is 5.97 Å². The standard InChI is InChI=1S/C10H10ClF2NO2/c1-14(5-9(12)13)8-3-2-6(11)4-7(8)10(15)16/h2-4,9H,5H2,1H3,(H,15,16). The van der Waals surface area contributed by atoms with E-state index in [1.165, 1.54) is 30.1 Å². The predicted molar refractivity (Wildman–Crippen MR) is 57.7 cm³/mol. The van der Waals surface area contributed by atoms with Crippen LogP contribution in [0.1, 0.15) is 10.4 Å². The second-order valence-corrected chi connectivity index (χ2v) is 3.67. The van der Waals surface area contributed by atoms with Crippen LogP contribution in [0.2, 0.25) is 5.02 Å². The molecule has 1 rings (SSSR count). The van der Waals surface area contributed by atoms with Crippen LogP contribution in [0.5, 0.6) is 0 Å². The van der Waals surface area contributed by atoms with Crippen LogP contribution in [0.25, 0.3) is 0 Å². The molecule has 0 bridgehead atoms. The van der Waals surface area contributed by atoms with Crippen molar-refractivity contribution < 1.29 is 18.7 Å². The van der Waals surface area contributed by atoms with E-state index in [2.05, 4.69) is 0 Å². The number of carbonyl (C=O) groups is 1. The van der Waals surface area contributed by atoms with Crippen LogP contribution in [0.3, 0.4) is 0 Å². The van der Waals surface area contributed by atoms with Crippen molar-refractivity contribution >= 4 is 23.3 Å². The van der Waals surface area contributed by atoms with Gasteiger partial charge in [0.1, 0.15) is 0 Å². The van der Waals surface area contributed by atoms with Gasteiger partial charge in [0.05, 0.1) is 17.8 Å². The highest BCUT2D eigenvalue weighted by Gasteiger charge is 2.16. The first kappa shape index (κ1) is 12.7. The van der Waals surface area contributed by atoms with Crippen LogP contribution in [0.4, 0.5) is 14.5 Å². The van der Waals surface area contributed by atoms with Crippen molar-refractivity contribution in [3.8, 4) is 0 Å². The van der Waals surface area contributed by atoms with Gasteiger partial charge in [0.15, 0.2) is 0 Å². The molecule has 0 atom stereocenters. The summed E-state index contributed by atoms with van der Waals surface area (Å²) in [5, 5.41) is 9.16. The number of nitrogens with zero attached hydrogens (tertiary/aromatic N) is 1. The maximum atomic E-state index is 12.2. The Balaban J connectivity index is 3.07. The van der Waals surface area contributed by atoms with E-state index in [0.717, 1.165) is 0 Å². The zero-order chi connectivity index (χ0) is 12.3. The van der Waals surface area contributed by atoms with Gasteiger partial charge < -0.3 is 10.0 Å². The molecule has 0 heterocycles. The van der Waals surface area contributed by atoms with E-state index in [1.807, 2.05) is 0 Å². The minimum Gasteiger partial charge on any atom is -0.478 e. The third-order valence-electron chi connectivity index (χ3n) is 2.01. The summed E-state index contributed by atoms with van der Waals surface area (Å²) in [5.74, 6) is -1.20. The minimum absolute atomic E-state index is 0.0874. The number of halogens is 3. The van der Waals surface area contributed by atoms with Crippen molar-refractivity contribution in [1.29, 1.82) is 0 Å². The number of carboxylic acids is 1. The molecule has 0 spiro atoms. The number of aromatic carboxylic acids is 1. The molecule has 0 unspecified atom stereocenters. The fourth-order valence-corrected chi connectivity index (χ4v) is 1.49. The Morgan fingerprint density at radius 1 is 1.56 bits per heavy atom. The first-order chi connectivity index (χ1) is 7.41. The highest BCUT2D eigenvalue weighted by Crippen LogP contribution is 2.24. The van der Waals surface area contributed by atoms with E-state index in [1.54, 1.807) is 0 Å². The fraction of sp³-hybridized carbons (Fsp3) is 0.300. The second kappa shape index (κ2) is 5.12. The summed E-state index contributed by atoms with van der Waals surface area (Å²) in [5.41, 5.74) is 0.132. The molecule has 0 amide bonds. The van der Waals surface area contributed by atoms with Crippen molar-refractivity contribution in [2.75, 3.05) is 18.5 Å². The Morgan fingerprint density at radius 2 is 2.19 bits per heavy atom. The number of rotatable bonds is 4. The molecule has 0 aliphatic carbocycles. The Bertz CT molecular complexity index is 398. The van der Waals surface area contributed by atoms with Gasteiger partial charge in [-0.25, -0.2) is 13.6 Å². The lowest BCUT2D eigenvalue weighted by Gasteiger charge is -2.20. The molecule has 6 heteroatoms. The van der Waals surface area contributed by atoms with Crippen molar-refractivity contribution in [3.05, 3.63) is 28.8 Å². The number of benzene rings is 1. The monoisotopic (exact) mass is 249 g/mol. The second-order valence-electron chi connectivity index (χ2n) is 3.24. The SMILES string of the molecule is CN(CC(F)F)c1ccc(Cl)cc1C(=O)O. The molecule has 0 saturated heterocycles. The molecule has 0 fully saturated rings. The van der Waals surface area contributed by atoms with Gasteiger partial charge in [-0.15, -0.1) is 0 Å². The molecule has 1 aromatic carbocycles. The van der Waals surface area contributed by atoms with E-state index >= 15 is 0 Å². The fourth-order valence-electron chi connectivity index (χ4n) is 1.32. The van der Waals surface area contributed by atoms with Crippen molar-refractivity contribution in [1.82, 2.24) is 0 Å². The van der Waals surface area contributed by atoms with Crippen molar-refractivity contribution in [2.45, 2.75) is 6.43 Å². The Hall–Kier alpha value is -1.36. The summed E-state index contributed by atoms with van der Waals surface area (Å²) < 4.78 is 24.3. The predicted octanol–water partition coefficient (Wildman–Crippen LogP) is 2.74. The minimum atomic E-state index is -2.53. The molecule has 16 heavy (non-hydrogen) atoms. The third-order valence-corrected chi connectivity index (χ3v) is 2.25. The van der Waals surface area contributed by atoms with Crippen LogP contribution in [0.15, 0.2) is 18.2 Å². The zero-order valence-corrected chi connectivity index (χ0v) is 9.21. The number of anilines is 1. The van der Waals surface area contributed by atoms with E-state index in [-0.39, 0.29) is 16.3 Å². The van der Waals surface area contributed by atoms with Crippen molar-refractivity contribution in [2.24, 2.45) is 0 Å². The van der Waals surface area contributed by atoms with Gasteiger partial charge in [-0.05, 0) is 18.2 Å². The highest BCUT2D eigenvalue weighted by atomic mass is 35.5. The maximum absolute atomic E-state index is 12.2. The first-order valence-corrected chi connectivity index (χ1v) is 4.81. The number of alkyl halides is 2. The van der Waals surface area contributed by atoms with Gasteiger partial charge in [0.2, 0.25) is 0 Å². The Kier molecular flexibility index (Phi) is 4.06. The van der Waals surface area contributed by atoms with Crippen LogP contribution in [0, 0.1) is 0 Å². The molecule has 0 aliphatic heterocycles. The average molecular weight is 250 g/mol. The molecule has 1 aromatic rings. The number of carboxylic acid groups (broad SMARTS) is 1. The molecule has 1 N–H and O–H groups in total. The average Bonchev–Trinajstić information content (AvgIpc) is 2.16. The number of hydrogen-bond acceptors (Lipinski definition) is 2. The molecule has 88 valence electrons. The molecular formula is C10H10ClF2NO2. The summed E-state index contributed by atoms with van der Waals surface area (Å²) in [7, 11) is 1.40. The van der Waals surface area contributed by atoms with E-state index < -0.39 is 18.9 Å². The normalized spacial score (nSPS) is 10.6. The topological polar surface area (TPSA) is 40.5 Å². The summed E-state index contributed by atoms with van der Waals surface area (Å²) in [4.78, 5) is 12.1. The lowest BCUT2D eigenvalue weighted by molar-refractivity contribution is 0.0697. The van der Waals surface area contributed by atoms with E-state index in [0.29, 0.717) is 0 Å². The smallest absolute Gasteiger partial charge is 0.337 e. The zero-order valence-electron chi connectivity index (χ0n) is 8.45. The van der Waals surface area contributed by atoms with Crippen LogP contribution in [-0.2, 0) is 0 Å². The van der Waals surface area contributed by atoms with E-state index in [9.17, 15) is 13.6 Å². The highest BCUT2D eigenvalue weighted by molar-refractivity contribution is 6.31. The van der Waals surface area contributed by atoms with Crippen LogP contribution < -0.4 is 4.90 Å². The maximum Gasteiger partial charge on any atom is 0.337 e. The molecule has 0 radical (unpaired) electrons. The molecule has 0 aliphatic rings. The van der Waals surface area contributed by atoms with Crippen molar-refractivity contribution in [3.63, 3.8) is 0 Å². The Labute approximate surface area is 96.2 Å². The van der Waals surface area contributed by atoms with Gasteiger partial charge in [-0.2, -0.15) is 0 Å².